The fourth-order valence-corrected chi connectivity index (χ4v) is 2.76. The van der Waals surface area contributed by atoms with Crippen molar-refractivity contribution in [1.29, 1.82) is 0 Å². The van der Waals surface area contributed by atoms with E-state index in [1.165, 1.54) is 10.9 Å². The highest BCUT2D eigenvalue weighted by atomic mass is 16.4. The highest BCUT2D eigenvalue weighted by Gasteiger charge is 2.36. The standard InChI is InChI=1S/C17H21N3O3/c1-3-17(4-2,13-8-6-5-7-9-13)16(23)18-14-10-11-20(19-14)12-15(21)22/h5-11H,3-4,12H2,1-2H3,(H,21,22)(H,18,19,23). The van der Waals surface area contributed by atoms with Gasteiger partial charge in [-0.3, -0.25) is 14.3 Å². The zero-order valence-electron chi connectivity index (χ0n) is 13.3. The number of rotatable bonds is 7. The Labute approximate surface area is 135 Å². The van der Waals surface area contributed by atoms with Gasteiger partial charge in [0.2, 0.25) is 5.91 Å². The summed E-state index contributed by atoms with van der Waals surface area (Å²) in [6.45, 7) is 3.74. The predicted octanol–water partition coefficient (Wildman–Crippen LogP) is 2.66. The minimum atomic E-state index is -0.980. The minimum absolute atomic E-state index is 0.130. The monoisotopic (exact) mass is 315 g/mol. The summed E-state index contributed by atoms with van der Waals surface area (Å²) < 4.78 is 1.28. The number of hydrogen-bond acceptors (Lipinski definition) is 3. The lowest BCUT2D eigenvalue weighted by Crippen LogP contribution is -2.39. The molecule has 1 aromatic carbocycles. The molecule has 0 radical (unpaired) electrons. The quantitative estimate of drug-likeness (QED) is 0.822. The van der Waals surface area contributed by atoms with E-state index in [-0.39, 0.29) is 12.5 Å². The highest BCUT2D eigenvalue weighted by molar-refractivity contribution is 5.98. The van der Waals surface area contributed by atoms with Crippen LogP contribution in [0.5, 0.6) is 0 Å². The van der Waals surface area contributed by atoms with Gasteiger partial charge >= 0.3 is 5.97 Å². The fourth-order valence-electron chi connectivity index (χ4n) is 2.76. The summed E-state index contributed by atoms with van der Waals surface area (Å²) >= 11 is 0. The van der Waals surface area contributed by atoms with E-state index >= 15 is 0 Å². The molecule has 1 aromatic heterocycles. The number of aromatic nitrogens is 2. The Kier molecular flexibility index (Phi) is 5.16. The average Bonchev–Trinajstić information content (AvgIpc) is 2.96. The molecule has 23 heavy (non-hydrogen) atoms. The van der Waals surface area contributed by atoms with Gasteiger partial charge in [-0.1, -0.05) is 44.2 Å². The maximum Gasteiger partial charge on any atom is 0.325 e. The van der Waals surface area contributed by atoms with Crippen molar-refractivity contribution in [2.45, 2.75) is 38.6 Å². The highest BCUT2D eigenvalue weighted by Crippen LogP contribution is 2.32. The molecule has 6 nitrogen and oxygen atoms in total. The number of anilines is 1. The van der Waals surface area contributed by atoms with Crippen LogP contribution in [0.3, 0.4) is 0 Å². The number of hydrogen-bond donors (Lipinski definition) is 2. The third-order valence-corrected chi connectivity index (χ3v) is 4.15. The van der Waals surface area contributed by atoms with Crippen LogP contribution in [0, 0.1) is 0 Å². The number of nitrogens with zero attached hydrogens (tertiary/aromatic N) is 2. The molecule has 0 bridgehead atoms. The SMILES string of the molecule is CCC(CC)(C(=O)Nc1ccn(CC(=O)O)n1)c1ccccc1. The van der Waals surface area contributed by atoms with Crippen molar-refractivity contribution in [3.05, 3.63) is 48.2 Å². The van der Waals surface area contributed by atoms with E-state index in [4.69, 9.17) is 5.11 Å². The summed E-state index contributed by atoms with van der Waals surface area (Å²) in [5.74, 6) is -0.751. The Balaban J connectivity index is 2.22. The van der Waals surface area contributed by atoms with Crippen LogP contribution >= 0.6 is 0 Å². The molecule has 2 aromatic rings. The van der Waals surface area contributed by atoms with Gasteiger partial charge in [0.05, 0.1) is 5.41 Å². The second-order valence-electron chi connectivity index (χ2n) is 5.40. The molecule has 0 spiro atoms. The predicted molar refractivity (Wildman–Crippen MR) is 87.2 cm³/mol. The van der Waals surface area contributed by atoms with Crippen molar-refractivity contribution in [2.24, 2.45) is 0 Å². The lowest BCUT2D eigenvalue weighted by Gasteiger charge is -2.30. The van der Waals surface area contributed by atoms with E-state index in [2.05, 4.69) is 10.4 Å². The van der Waals surface area contributed by atoms with E-state index in [1.54, 1.807) is 6.07 Å². The van der Waals surface area contributed by atoms with E-state index < -0.39 is 11.4 Å². The third-order valence-electron chi connectivity index (χ3n) is 4.15. The largest absolute Gasteiger partial charge is 0.480 e. The number of amides is 1. The first-order chi connectivity index (χ1) is 11.0. The fraction of sp³-hybridized carbons (Fsp3) is 0.353. The molecule has 122 valence electrons. The average molecular weight is 315 g/mol. The van der Waals surface area contributed by atoms with Gasteiger partial charge in [-0.15, -0.1) is 0 Å². The molecule has 0 aliphatic heterocycles. The number of benzene rings is 1. The number of carbonyl (C=O) groups is 2. The molecular weight excluding hydrogens is 294 g/mol. The third kappa shape index (κ3) is 3.59. The molecule has 0 saturated carbocycles. The molecule has 6 heteroatoms. The van der Waals surface area contributed by atoms with Crippen LogP contribution in [-0.2, 0) is 21.5 Å². The molecular formula is C17H21N3O3. The summed E-state index contributed by atoms with van der Waals surface area (Å²) in [5.41, 5.74) is 0.338. The summed E-state index contributed by atoms with van der Waals surface area (Å²) in [6, 6.07) is 11.3. The molecule has 0 fully saturated rings. The summed E-state index contributed by atoms with van der Waals surface area (Å²) in [5, 5.41) is 15.6. The zero-order chi connectivity index (χ0) is 16.9. The van der Waals surface area contributed by atoms with Gasteiger partial charge < -0.3 is 10.4 Å². The van der Waals surface area contributed by atoms with Crippen LogP contribution in [0.15, 0.2) is 42.6 Å². The van der Waals surface area contributed by atoms with Crippen LogP contribution in [-0.4, -0.2) is 26.8 Å². The summed E-state index contributed by atoms with van der Waals surface area (Å²) in [7, 11) is 0. The van der Waals surface area contributed by atoms with Gasteiger partial charge in [0.1, 0.15) is 6.54 Å². The van der Waals surface area contributed by atoms with Crippen molar-refractivity contribution >= 4 is 17.7 Å². The molecule has 1 heterocycles. The van der Waals surface area contributed by atoms with E-state index in [9.17, 15) is 9.59 Å². The van der Waals surface area contributed by atoms with Gasteiger partial charge in [0.25, 0.3) is 0 Å². The normalized spacial score (nSPS) is 11.2. The van der Waals surface area contributed by atoms with Gasteiger partial charge in [-0.25, -0.2) is 0 Å². The van der Waals surface area contributed by atoms with Crippen molar-refractivity contribution in [3.63, 3.8) is 0 Å². The van der Waals surface area contributed by atoms with E-state index in [0.29, 0.717) is 18.7 Å². The number of nitrogens with one attached hydrogen (secondary N) is 1. The molecule has 0 atom stereocenters. The molecule has 0 saturated heterocycles. The van der Waals surface area contributed by atoms with E-state index in [0.717, 1.165) is 5.56 Å². The van der Waals surface area contributed by atoms with Crippen LogP contribution in [0.4, 0.5) is 5.82 Å². The lowest BCUT2D eigenvalue weighted by molar-refractivity contribution is -0.137. The smallest absolute Gasteiger partial charge is 0.325 e. The van der Waals surface area contributed by atoms with Crippen LogP contribution in [0.2, 0.25) is 0 Å². The number of carboxylic acid groups (broad SMARTS) is 1. The van der Waals surface area contributed by atoms with Crippen molar-refractivity contribution in [2.75, 3.05) is 5.32 Å². The lowest BCUT2D eigenvalue weighted by atomic mass is 9.75. The van der Waals surface area contributed by atoms with Crippen LogP contribution in [0.25, 0.3) is 0 Å². The first-order valence-electron chi connectivity index (χ1n) is 7.64. The number of aliphatic carboxylic acids is 1. The Morgan fingerprint density at radius 3 is 2.39 bits per heavy atom. The van der Waals surface area contributed by atoms with Crippen molar-refractivity contribution in [3.8, 4) is 0 Å². The second kappa shape index (κ2) is 7.09. The Morgan fingerprint density at radius 1 is 1.17 bits per heavy atom. The van der Waals surface area contributed by atoms with Gasteiger partial charge in [0.15, 0.2) is 5.82 Å². The van der Waals surface area contributed by atoms with Crippen LogP contribution in [0.1, 0.15) is 32.3 Å². The Bertz CT molecular complexity index is 675. The number of carbonyl (C=O) groups excluding carboxylic acids is 1. The molecule has 2 N–H and O–H groups in total. The Morgan fingerprint density at radius 2 is 1.83 bits per heavy atom. The minimum Gasteiger partial charge on any atom is -0.480 e. The zero-order valence-corrected chi connectivity index (χ0v) is 13.3. The topological polar surface area (TPSA) is 84.2 Å². The first-order valence-corrected chi connectivity index (χ1v) is 7.64. The van der Waals surface area contributed by atoms with Gasteiger partial charge in [-0.2, -0.15) is 5.10 Å². The molecule has 1 amide bonds. The Hall–Kier alpha value is -2.63. The van der Waals surface area contributed by atoms with Crippen molar-refractivity contribution in [1.82, 2.24) is 9.78 Å². The molecule has 0 unspecified atom stereocenters. The van der Waals surface area contributed by atoms with Gasteiger partial charge in [0, 0.05) is 12.3 Å². The number of carboxylic acids is 1. The van der Waals surface area contributed by atoms with Crippen LogP contribution < -0.4 is 5.32 Å². The van der Waals surface area contributed by atoms with E-state index in [1.807, 2.05) is 44.2 Å². The molecule has 2 rings (SSSR count). The molecule has 0 aliphatic carbocycles. The molecule has 0 aliphatic rings. The summed E-state index contributed by atoms with van der Waals surface area (Å²) in [4.78, 5) is 23.5. The van der Waals surface area contributed by atoms with Crippen molar-refractivity contribution < 1.29 is 14.7 Å². The maximum atomic E-state index is 12.9. The summed E-state index contributed by atoms with van der Waals surface area (Å²) in [6.07, 6.45) is 2.86. The second-order valence-corrected chi connectivity index (χ2v) is 5.40. The maximum absolute atomic E-state index is 12.9. The van der Waals surface area contributed by atoms with Gasteiger partial charge in [-0.05, 0) is 18.4 Å². The first kappa shape index (κ1) is 16.7.